The molecule has 0 saturated carbocycles. The van der Waals surface area contributed by atoms with E-state index in [4.69, 9.17) is 5.11 Å². The molecule has 0 aromatic heterocycles. The molecule has 0 atom stereocenters. The molecular formula is C6H10O3S. The van der Waals surface area contributed by atoms with Gasteiger partial charge >= 0.3 is 5.97 Å². The molecule has 0 fully saturated rings. The fourth-order valence-electron chi connectivity index (χ4n) is 0.533. The lowest BCUT2D eigenvalue weighted by Gasteiger charge is -1.92. The Hall–Kier alpha value is -0.510. The normalized spacial score (nSPS) is 9.30. The molecule has 58 valence electrons. The monoisotopic (exact) mass is 162 g/mol. The minimum atomic E-state index is -1.05. The Labute approximate surface area is 64.8 Å². The number of hydrogen-bond acceptors (Lipinski definition) is 3. The van der Waals surface area contributed by atoms with Crippen molar-refractivity contribution in [2.24, 2.45) is 0 Å². The number of Topliss-reactive ketones (excluding diaryl/α,β-unsaturated/α-hetero) is 1. The smallest absolute Gasteiger partial charge is 0.310 e. The summed E-state index contributed by atoms with van der Waals surface area (Å²) in [6, 6.07) is 0. The van der Waals surface area contributed by atoms with Gasteiger partial charge in [-0.15, -0.1) is 0 Å². The van der Waals surface area contributed by atoms with Gasteiger partial charge in [0, 0.05) is 6.42 Å². The van der Waals surface area contributed by atoms with Crippen LogP contribution in [-0.4, -0.2) is 22.6 Å². The second-order valence-corrected chi connectivity index (χ2v) is 2.38. The van der Waals surface area contributed by atoms with E-state index in [0.29, 0.717) is 18.6 Å². The summed E-state index contributed by atoms with van der Waals surface area (Å²) >= 11 is 3.89. The molecule has 0 rings (SSSR count). The predicted molar refractivity (Wildman–Crippen MR) is 40.3 cm³/mol. The molecule has 0 saturated heterocycles. The van der Waals surface area contributed by atoms with Gasteiger partial charge in [0.25, 0.3) is 0 Å². The Bertz CT molecular complexity index is 133. The summed E-state index contributed by atoms with van der Waals surface area (Å²) in [4.78, 5) is 20.5. The minimum absolute atomic E-state index is 0.221. The molecule has 0 amide bonds. The Kier molecular flexibility index (Phi) is 5.02. The van der Waals surface area contributed by atoms with Crippen LogP contribution in [-0.2, 0) is 9.59 Å². The summed E-state index contributed by atoms with van der Waals surface area (Å²) in [5.74, 6) is -0.642. The number of aliphatic carboxylic acids is 1. The second kappa shape index (κ2) is 5.29. The van der Waals surface area contributed by atoms with Crippen molar-refractivity contribution < 1.29 is 14.7 Å². The van der Waals surface area contributed by atoms with Gasteiger partial charge in [-0.3, -0.25) is 9.59 Å². The third-order valence-electron chi connectivity index (χ3n) is 0.962. The summed E-state index contributed by atoms with van der Waals surface area (Å²) in [5, 5.41) is 8.14. The molecule has 0 aliphatic carbocycles. The van der Waals surface area contributed by atoms with Crippen molar-refractivity contribution >= 4 is 24.4 Å². The van der Waals surface area contributed by atoms with E-state index in [-0.39, 0.29) is 12.2 Å². The highest BCUT2D eigenvalue weighted by molar-refractivity contribution is 7.80. The molecule has 4 heteroatoms. The highest BCUT2D eigenvalue weighted by Crippen LogP contribution is 1.96. The van der Waals surface area contributed by atoms with Crippen LogP contribution in [0.25, 0.3) is 0 Å². The zero-order valence-corrected chi connectivity index (χ0v) is 6.43. The molecule has 0 aromatic carbocycles. The summed E-state index contributed by atoms with van der Waals surface area (Å²) in [6.45, 7) is 0. The van der Waals surface area contributed by atoms with Gasteiger partial charge in [0.15, 0.2) is 0 Å². The van der Waals surface area contributed by atoms with Crippen LogP contribution < -0.4 is 0 Å². The molecule has 0 radical (unpaired) electrons. The maximum Gasteiger partial charge on any atom is 0.310 e. The number of thiol groups is 1. The van der Waals surface area contributed by atoms with E-state index in [1.54, 1.807) is 0 Å². The van der Waals surface area contributed by atoms with E-state index < -0.39 is 5.97 Å². The Balaban J connectivity index is 3.35. The summed E-state index contributed by atoms with van der Waals surface area (Å²) in [7, 11) is 0. The van der Waals surface area contributed by atoms with E-state index in [9.17, 15) is 9.59 Å². The lowest BCUT2D eigenvalue weighted by Crippen LogP contribution is -2.06. The highest BCUT2D eigenvalue weighted by atomic mass is 32.1. The molecule has 0 unspecified atom stereocenters. The van der Waals surface area contributed by atoms with E-state index in [1.165, 1.54) is 0 Å². The second-order valence-electron chi connectivity index (χ2n) is 1.94. The van der Waals surface area contributed by atoms with Crippen molar-refractivity contribution in [1.29, 1.82) is 0 Å². The average Bonchev–Trinajstić information content (AvgIpc) is 1.82. The van der Waals surface area contributed by atoms with Crippen LogP contribution in [0.1, 0.15) is 19.3 Å². The van der Waals surface area contributed by atoms with Crippen LogP contribution >= 0.6 is 12.6 Å². The zero-order chi connectivity index (χ0) is 7.98. The van der Waals surface area contributed by atoms with Gasteiger partial charge in [0.1, 0.15) is 12.2 Å². The van der Waals surface area contributed by atoms with Crippen LogP contribution in [0.3, 0.4) is 0 Å². The molecule has 0 aromatic rings. The predicted octanol–water partition coefficient (Wildman–Crippen LogP) is 0.740. The molecule has 0 aliphatic heterocycles. The van der Waals surface area contributed by atoms with E-state index in [0.717, 1.165) is 0 Å². The van der Waals surface area contributed by atoms with Crippen LogP contribution in [0.4, 0.5) is 0 Å². The Morgan fingerprint density at radius 1 is 1.40 bits per heavy atom. The van der Waals surface area contributed by atoms with Gasteiger partial charge in [-0.05, 0) is 12.2 Å². The quantitative estimate of drug-likeness (QED) is 0.463. The molecule has 10 heavy (non-hydrogen) atoms. The summed E-state index contributed by atoms with van der Waals surface area (Å²) < 4.78 is 0. The van der Waals surface area contributed by atoms with Gasteiger partial charge in [-0.2, -0.15) is 12.6 Å². The van der Waals surface area contributed by atoms with Crippen molar-refractivity contribution in [3.63, 3.8) is 0 Å². The van der Waals surface area contributed by atoms with Crippen molar-refractivity contribution in [2.75, 3.05) is 5.75 Å². The van der Waals surface area contributed by atoms with Crippen molar-refractivity contribution in [3.8, 4) is 0 Å². The number of carboxylic acid groups (broad SMARTS) is 1. The molecule has 0 aliphatic rings. The van der Waals surface area contributed by atoms with Crippen molar-refractivity contribution in [2.45, 2.75) is 19.3 Å². The van der Waals surface area contributed by atoms with Crippen molar-refractivity contribution in [3.05, 3.63) is 0 Å². The van der Waals surface area contributed by atoms with Gasteiger partial charge in [-0.1, -0.05) is 0 Å². The lowest BCUT2D eigenvalue weighted by atomic mass is 10.2. The third-order valence-corrected chi connectivity index (χ3v) is 1.28. The number of ketones is 1. The molecule has 0 bridgehead atoms. The van der Waals surface area contributed by atoms with Crippen LogP contribution in [0, 0.1) is 0 Å². The fourth-order valence-corrected chi connectivity index (χ4v) is 0.691. The molecule has 0 spiro atoms. The summed E-state index contributed by atoms with van der Waals surface area (Å²) in [5.41, 5.74) is 0. The van der Waals surface area contributed by atoms with Crippen LogP contribution in [0.15, 0.2) is 0 Å². The maximum absolute atomic E-state index is 10.6. The van der Waals surface area contributed by atoms with Gasteiger partial charge < -0.3 is 5.11 Å². The first kappa shape index (κ1) is 9.49. The molecule has 1 N–H and O–H groups in total. The van der Waals surface area contributed by atoms with Crippen LogP contribution in [0.2, 0.25) is 0 Å². The van der Waals surface area contributed by atoms with Gasteiger partial charge in [0.2, 0.25) is 0 Å². The number of hydrogen-bond donors (Lipinski definition) is 2. The highest BCUT2D eigenvalue weighted by Gasteiger charge is 2.05. The first-order valence-corrected chi connectivity index (χ1v) is 3.64. The largest absolute Gasteiger partial charge is 0.481 e. The molecular weight excluding hydrogens is 152 g/mol. The van der Waals surface area contributed by atoms with E-state index in [1.807, 2.05) is 0 Å². The number of carbonyl (C=O) groups is 2. The topological polar surface area (TPSA) is 54.4 Å². The fraction of sp³-hybridized carbons (Fsp3) is 0.667. The zero-order valence-electron chi connectivity index (χ0n) is 5.54. The molecule has 3 nitrogen and oxygen atoms in total. The Morgan fingerprint density at radius 2 is 2.00 bits per heavy atom. The lowest BCUT2D eigenvalue weighted by molar-refractivity contribution is -0.140. The van der Waals surface area contributed by atoms with Gasteiger partial charge in [0.05, 0.1) is 0 Å². The number of carboxylic acids is 1. The number of rotatable bonds is 5. The van der Waals surface area contributed by atoms with Gasteiger partial charge in [-0.25, -0.2) is 0 Å². The van der Waals surface area contributed by atoms with Crippen LogP contribution in [0.5, 0.6) is 0 Å². The SMILES string of the molecule is O=C(O)CC(=O)CCCS. The van der Waals surface area contributed by atoms with E-state index in [2.05, 4.69) is 12.6 Å². The Morgan fingerprint density at radius 3 is 2.40 bits per heavy atom. The van der Waals surface area contributed by atoms with E-state index >= 15 is 0 Å². The first-order chi connectivity index (χ1) is 4.66. The molecule has 0 heterocycles. The standard InChI is InChI=1S/C6H10O3S/c7-5(2-1-3-10)4-6(8)9/h10H,1-4H2,(H,8,9). The maximum atomic E-state index is 10.6. The van der Waals surface area contributed by atoms with Crippen molar-refractivity contribution in [1.82, 2.24) is 0 Å². The third kappa shape index (κ3) is 5.62. The minimum Gasteiger partial charge on any atom is -0.481 e. The number of carbonyl (C=O) groups excluding carboxylic acids is 1. The first-order valence-electron chi connectivity index (χ1n) is 3.01. The summed E-state index contributed by atoms with van der Waals surface area (Å²) in [6.07, 6.45) is 0.638. The average molecular weight is 162 g/mol.